The highest BCUT2D eigenvalue weighted by molar-refractivity contribution is 6.22. The van der Waals surface area contributed by atoms with Crippen LogP contribution < -0.4 is 5.32 Å². The van der Waals surface area contributed by atoms with Gasteiger partial charge in [-0.1, -0.05) is 62.5 Å². The quantitative estimate of drug-likeness (QED) is 0.0531. The third-order valence-electron chi connectivity index (χ3n) is 7.59. The number of ether oxygens (including phenoxy) is 4. The Balaban J connectivity index is 2.27. The van der Waals surface area contributed by atoms with E-state index in [0.717, 1.165) is 76.3 Å². The number of nitrogens with zero attached hydrogens (tertiary/aromatic N) is 1. The number of nitrogens with one attached hydrogen (secondary N) is 1. The summed E-state index contributed by atoms with van der Waals surface area (Å²) in [5.74, 6) is -4.68. The van der Waals surface area contributed by atoms with Gasteiger partial charge >= 0.3 is 18.0 Å². The van der Waals surface area contributed by atoms with Crippen molar-refractivity contribution < 1.29 is 57.6 Å². The number of alkyl carbamates (subject to hydrolysis) is 1. The maximum Gasteiger partial charge on any atom is 0.414 e. The van der Waals surface area contributed by atoms with E-state index in [4.69, 9.17) is 30.5 Å². The normalized spacial score (nSPS) is 25.2. The van der Waals surface area contributed by atoms with Crippen molar-refractivity contribution in [3.05, 3.63) is 48.1 Å². The van der Waals surface area contributed by atoms with Crippen molar-refractivity contribution in [1.29, 1.82) is 0 Å². The Hall–Kier alpha value is -4.14. The number of alkyl halides is 1. The van der Waals surface area contributed by atoms with Crippen molar-refractivity contribution in [2.24, 2.45) is 0 Å². The number of halogens is 1. The minimum atomic E-state index is -1.68. The maximum atomic E-state index is 12.9. The number of esters is 2. The lowest BCUT2D eigenvalue weighted by molar-refractivity contribution is -0.160. The fourth-order valence-electron chi connectivity index (χ4n) is 4.99. The second kappa shape index (κ2) is 21.8. The van der Waals surface area contributed by atoms with Crippen LogP contribution in [0.25, 0.3) is 0 Å². The molecule has 0 spiro atoms. The first-order valence-electron chi connectivity index (χ1n) is 16.6. The summed E-state index contributed by atoms with van der Waals surface area (Å²) in [7, 11) is 0. The van der Waals surface area contributed by atoms with Gasteiger partial charge in [0.2, 0.25) is 11.8 Å². The summed E-state index contributed by atoms with van der Waals surface area (Å²) in [6.07, 6.45) is 6.79. The van der Waals surface area contributed by atoms with Crippen LogP contribution in [0.5, 0.6) is 0 Å². The molecule has 0 aromatic rings. The number of amides is 5. The number of fused-ring (bicyclic) bond motifs is 1. The molecular formula is C35H47ClN2O12. The molecule has 50 heavy (non-hydrogen) atoms. The predicted octanol–water partition coefficient (Wildman–Crippen LogP) is 3.88. The van der Waals surface area contributed by atoms with Gasteiger partial charge in [0.15, 0.2) is 12.2 Å². The summed E-state index contributed by atoms with van der Waals surface area (Å²) < 4.78 is 22.0. The van der Waals surface area contributed by atoms with Gasteiger partial charge in [-0.15, -0.1) is 11.6 Å². The van der Waals surface area contributed by atoms with Crippen molar-refractivity contribution in [2.75, 3.05) is 6.61 Å². The van der Waals surface area contributed by atoms with E-state index in [1.165, 1.54) is 6.08 Å². The molecule has 6 atom stereocenters. The fourth-order valence-corrected chi connectivity index (χ4v) is 5.24. The first-order chi connectivity index (χ1) is 23.7. The van der Waals surface area contributed by atoms with E-state index in [0.29, 0.717) is 16.9 Å². The Kier molecular flexibility index (Phi) is 18.4. The number of rotatable bonds is 13. The van der Waals surface area contributed by atoms with Gasteiger partial charge in [-0.25, -0.2) is 14.5 Å². The molecule has 0 saturated carbocycles. The highest BCUT2D eigenvalue weighted by Gasteiger charge is 2.53. The third-order valence-corrected chi connectivity index (χ3v) is 7.99. The number of unbranched alkanes of at least 4 members (excludes halogenated alkanes) is 4. The van der Waals surface area contributed by atoms with Crippen LogP contribution in [0.4, 0.5) is 4.79 Å². The van der Waals surface area contributed by atoms with Crippen molar-refractivity contribution in [2.45, 2.75) is 121 Å². The van der Waals surface area contributed by atoms with Crippen LogP contribution in [-0.2, 0) is 47.7 Å². The largest absolute Gasteiger partial charge is 0.465 e. The Morgan fingerprint density at radius 2 is 1.78 bits per heavy atom. The highest BCUT2D eigenvalue weighted by atomic mass is 35.5. The number of imide groups is 4. The molecule has 2 N–H and O–H groups in total. The lowest BCUT2D eigenvalue weighted by Crippen LogP contribution is -2.51. The molecule has 14 nitrogen and oxygen atoms in total. The SMILES string of the molecule is CCCCCCCC(=O)OCC/C=C/C(Cl)[C@H](O)[C@@H]1OC(=O)/C=C\C=C\C(=O)N(C(C)=O)C(=O)/C=C(/C)CC[C@H]2O[C@@H]2[C@H]1OC(=O)NC(C)=O. The fraction of sp³-hybridized carbons (Fsp3) is 0.571. The zero-order valence-electron chi connectivity index (χ0n) is 28.8. The Labute approximate surface area is 296 Å². The molecule has 0 aromatic heterocycles. The molecule has 1 fully saturated rings. The van der Waals surface area contributed by atoms with E-state index in [9.17, 15) is 38.7 Å². The number of cyclic esters (lactones) is 1. The molecule has 2 aliphatic heterocycles. The van der Waals surface area contributed by atoms with Gasteiger partial charge in [-0.2, -0.15) is 0 Å². The molecule has 15 heteroatoms. The molecule has 0 radical (unpaired) electrons. The standard InChI is InChI=1S/C35H47ClN2O12/c1-5-6-7-8-9-16-29(43)47-20-13-12-14-25(36)31(45)33-34(50-35(46)37-23(3)39)32-26(48-32)19-18-22(2)21-28(42)38(24(4)40)27(41)15-10-11-17-30(44)49-33/h10-12,14-15,17,21,25-26,31-34,45H,5-9,13,16,18-20H2,1-4H3,(H,37,39,46)/b14-12+,15-10+,17-11-,22-21-/t25?,26-,31+,32+,33+,34-/m1/s1. The molecule has 5 amide bonds. The van der Waals surface area contributed by atoms with Gasteiger partial charge < -0.3 is 24.1 Å². The van der Waals surface area contributed by atoms with Crippen LogP contribution in [-0.4, -0.2) is 94.2 Å². The zero-order chi connectivity index (χ0) is 37.2. The van der Waals surface area contributed by atoms with Crippen LogP contribution >= 0.6 is 11.6 Å². The number of allylic oxidation sites excluding steroid dienone is 3. The summed E-state index contributed by atoms with van der Waals surface area (Å²) in [6.45, 7) is 5.96. The highest BCUT2D eigenvalue weighted by Crippen LogP contribution is 2.36. The number of hydrogen-bond acceptors (Lipinski definition) is 12. The number of carbonyl (C=O) groups excluding carboxylic acids is 7. The summed E-state index contributed by atoms with van der Waals surface area (Å²) in [6, 6.07) is 0. The van der Waals surface area contributed by atoms with Gasteiger partial charge in [0.05, 0.1) is 18.1 Å². The molecular weight excluding hydrogens is 676 g/mol. The molecule has 276 valence electrons. The zero-order valence-corrected chi connectivity index (χ0v) is 29.6. The van der Waals surface area contributed by atoms with Crippen LogP contribution in [0.3, 0.4) is 0 Å². The van der Waals surface area contributed by atoms with E-state index >= 15 is 0 Å². The van der Waals surface area contributed by atoms with Gasteiger partial charge in [-0.3, -0.25) is 29.3 Å². The Morgan fingerprint density at radius 3 is 2.46 bits per heavy atom. The van der Waals surface area contributed by atoms with Crippen LogP contribution in [0.1, 0.15) is 85.5 Å². The van der Waals surface area contributed by atoms with Gasteiger partial charge in [0.25, 0.3) is 11.8 Å². The number of aliphatic hydroxyl groups is 1. The lowest BCUT2D eigenvalue weighted by Gasteiger charge is -2.30. The third kappa shape index (κ3) is 15.2. The second-order valence-electron chi connectivity index (χ2n) is 11.9. The van der Waals surface area contributed by atoms with Crippen LogP contribution in [0.15, 0.2) is 48.1 Å². The maximum absolute atomic E-state index is 12.9. The van der Waals surface area contributed by atoms with E-state index in [-0.39, 0.29) is 31.8 Å². The van der Waals surface area contributed by atoms with Crippen molar-refractivity contribution in [3.8, 4) is 0 Å². The average Bonchev–Trinajstić information content (AvgIpc) is 3.81. The van der Waals surface area contributed by atoms with Crippen LogP contribution in [0, 0.1) is 0 Å². The van der Waals surface area contributed by atoms with Crippen molar-refractivity contribution in [3.63, 3.8) is 0 Å². The molecule has 2 heterocycles. The molecule has 1 saturated heterocycles. The van der Waals surface area contributed by atoms with E-state index in [2.05, 4.69) is 6.92 Å². The average molecular weight is 723 g/mol. The molecule has 0 aliphatic carbocycles. The molecule has 0 aromatic carbocycles. The Bertz CT molecular complexity index is 1360. The van der Waals surface area contributed by atoms with Crippen molar-refractivity contribution >= 4 is 53.3 Å². The summed E-state index contributed by atoms with van der Waals surface area (Å²) in [4.78, 5) is 86.8. The number of carbonyl (C=O) groups is 7. The summed E-state index contributed by atoms with van der Waals surface area (Å²) in [5.41, 5.74) is 0.509. The van der Waals surface area contributed by atoms with Gasteiger partial charge in [0, 0.05) is 38.5 Å². The van der Waals surface area contributed by atoms with E-state index < -0.39 is 71.6 Å². The monoisotopic (exact) mass is 722 g/mol. The Morgan fingerprint density at radius 1 is 1.08 bits per heavy atom. The van der Waals surface area contributed by atoms with Crippen LogP contribution in [0.2, 0.25) is 0 Å². The molecule has 0 bridgehead atoms. The first kappa shape index (κ1) is 42.0. The predicted molar refractivity (Wildman–Crippen MR) is 180 cm³/mol. The first-order valence-corrected chi connectivity index (χ1v) is 17.1. The van der Waals surface area contributed by atoms with Crippen molar-refractivity contribution in [1.82, 2.24) is 10.2 Å². The molecule has 2 aliphatic rings. The molecule has 1 unspecified atom stereocenters. The molecule has 2 rings (SSSR count). The lowest BCUT2D eigenvalue weighted by atomic mass is 9.98. The number of hydrogen-bond donors (Lipinski definition) is 2. The minimum absolute atomic E-state index is 0.0847. The topological polar surface area (TPSA) is 195 Å². The number of epoxide rings is 1. The van der Waals surface area contributed by atoms with Gasteiger partial charge in [-0.05, 0) is 32.6 Å². The van der Waals surface area contributed by atoms with E-state index in [1.54, 1.807) is 13.0 Å². The summed E-state index contributed by atoms with van der Waals surface area (Å²) >= 11 is 6.51. The second-order valence-corrected chi connectivity index (χ2v) is 12.4. The van der Waals surface area contributed by atoms with Gasteiger partial charge in [0.1, 0.15) is 12.2 Å². The summed E-state index contributed by atoms with van der Waals surface area (Å²) in [5, 5.41) is 12.1. The number of aliphatic hydroxyl groups excluding tert-OH is 1. The minimum Gasteiger partial charge on any atom is -0.465 e. The van der Waals surface area contributed by atoms with E-state index in [1.807, 2.05) is 5.32 Å². The smallest absolute Gasteiger partial charge is 0.414 e.